The van der Waals surface area contributed by atoms with E-state index in [4.69, 9.17) is 9.47 Å². The largest absolute Gasteiger partial charge is 0.493 e. The van der Waals surface area contributed by atoms with E-state index >= 15 is 0 Å². The molecule has 4 aliphatic rings. The highest BCUT2D eigenvalue weighted by molar-refractivity contribution is 6.04. The average Bonchev–Trinajstić information content (AvgIpc) is 3.70. The number of benzene rings is 2. The van der Waals surface area contributed by atoms with Gasteiger partial charge >= 0.3 is 0 Å². The van der Waals surface area contributed by atoms with Gasteiger partial charge < -0.3 is 19.3 Å². The summed E-state index contributed by atoms with van der Waals surface area (Å²) in [6.45, 7) is 1.42. The van der Waals surface area contributed by atoms with Crippen LogP contribution in [0.4, 0.5) is 11.4 Å². The lowest BCUT2D eigenvalue weighted by Crippen LogP contribution is -2.35. The lowest BCUT2D eigenvalue weighted by Gasteiger charge is -2.20. The van der Waals surface area contributed by atoms with E-state index in [1.807, 2.05) is 52.7 Å². The van der Waals surface area contributed by atoms with E-state index in [1.165, 1.54) is 0 Å². The quantitative estimate of drug-likeness (QED) is 0.505. The molecule has 4 aliphatic heterocycles. The highest BCUT2D eigenvalue weighted by atomic mass is 16.5. The van der Waals surface area contributed by atoms with E-state index in [0.29, 0.717) is 52.7 Å². The molecule has 3 aromatic rings. The first kappa shape index (κ1) is 23.6. The number of para-hydroxylation sites is 1. The molecule has 7 rings (SSSR count). The molecular formula is C28H27N7O4. The van der Waals surface area contributed by atoms with E-state index in [-0.39, 0.29) is 36.5 Å². The molecule has 198 valence electrons. The zero-order chi connectivity index (χ0) is 26.5. The molecule has 11 heteroatoms. The molecule has 0 aliphatic carbocycles. The lowest BCUT2D eigenvalue weighted by molar-refractivity contribution is 0.0764. The summed E-state index contributed by atoms with van der Waals surface area (Å²) in [6.07, 6.45) is 8.16. The van der Waals surface area contributed by atoms with Crippen molar-refractivity contribution in [2.75, 3.05) is 20.2 Å². The third kappa shape index (κ3) is 4.05. The van der Waals surface area contributed by atoms with Gasteiger partial charge in [0.25, 0.3) is 11.8 Å². The normalized spacial score (nSPS) is 23.2. The molecule has 0 spiro atoms. The number of aliphatic imine (C=N–C) groups is 2. The molecule has 0 bridgehead atoms. The van der Waals surface area contributed by atoms with Gasteiger partial charge in [-0.3, -0.25) is 19.6 Å². The molecule has 0 saturated carbocycles. The van der Waals surface area contributed by atoms with Crippen LogP contribution in [0, 0.1) is 0 Å². The van der Waals surface area contributed by atoms with E-state index in [9.17, 15) is 9.59 Å². The van der Waals surface area contributed by atoms with Gasteiger partial charge in [0.1, 0.15) is 12.3 Å². The fraction of sp³-hybridized carbons (Fsp3) is 0.357. The van der Waals surface area contributed by atoms with Crippen LogP contribution in [0.25, 0.3) is 0 Å². The summed E-state index contributed by atoms with van der Waals surface area (Å²) in [7, 11) is 1.55. The van der Waals surface area contributed by atoms with E-state index in [1.54, 1.807) is 23.9 Å². The number of methoxy groups -OCH3 is 1. The van der Waals surface area contributed by atoms with E-state index < -0.39 is 0 Å². The molecule has 0 unspecified atom stereocenters. The van der Waals surface area contributed by atoms with Crippen molar-refractivity contribution in [2.45, 2.75) is 44.0 Å². The van der Waals surface area contributed by atoms with Crippen LogP contribution < -0.4 is 9.47 Å². The molecule has 0 radical (unpaired) electrons. The first-order valence-corrected chi connectivity index (χ1v) is 13.1. The monoisotopic (exact) mass is 525 g/mol. The van der Waals surface area contributed by atoms with Crippen molar-refractivity contribution in [3.63, 3.8) is 0 Å². The fourth-order valence-electron chi connectivity index (χ4n) is 5.83. The van der Waals surface area contributed by atoms with Crippen molar-refractivity contribution >= 4 is 35.6 Å². The second kappa shape index (κ2) is 9.33. The lowest BCUT2D eigenvalue weighted by atomic mass is 10.1. The third-order valence-corrected chi connectivity index (χ3v) is 7.87. The Morgan fingerprint density at radius 1 is 0.949 bits per heavy atom. The summed E-state index contributed by atoms with van der Waals surface area (Å²) in [5.74, 6) is 0.890. The molecule has 2 amide bonds. The van der Waals surface area contributed by atoms with Crippen LogP contribution in [0.5, 0.6) is 11.5 Å². The average molecular weight is 526 g/mol. The summed E-state index contributed by atoms with van der Waals surface area (Å²) >= 11 is 0. The smallest absolute Gasteiger partial charge is 0.256 e. The summed E-state index contributed by atoms with van der Waals surface area (Å²) in [6, 6.07) is 10.8. The van der Waals surface area contributed by atoms with Crippen LogP contribution in [-0.4, -0.2) is 81.3 Å². The van der Waals surface area contributed by atoms with Crippen LogP contribution in [0.2, 0.25) is 0 Å². The van der Waals surface area contributed by atoms with Crippen molar-refractivity contribution in [2.24, 2.45) is 9.98 Å². The molecule has 11 nitrogen and oxygen atoms in total. The van der Waals surface area contributed by atoms with Gasteiger partial charge in [0, 0.05) is 31.6 Å². The Bertz CT molecular complexity index is 1530. The summed E-state index contributed by atoms with van der Waals surface area (Å²) in [5.41, 5.74) is 3.04. The predicted octanol–water partition coefficient (Wildman–Crippen LogP) is 3.36. The number of hydrogen-bond donors (Lipinski definition) is 0. The van der Waals surface area contributed by atoms with E-state index in [2.05, 4.69) is 20.3 Å². The zero-order valence-corrected chi connectivity index (χ0v) is 21.4. The van der Waals surface area contributed by atoms with Crippen LogP contribution in [0.15, 0.2) is 52.6 Å². The second-order valence-electron chi connectivity index (χ2n) is 10.2. The van der Waals surface area contributed by atoms with Crippen LogP contribution in [0.1, 0.15) is 51.7 Å². The van der Waals surface area contributed by atoms with Gasteiger partial charge in [-0.05, 0) is 37.5 Å². The molecule has 2 saturated heterocycles. The standard InChI is InChI=1S/C28H27N7O4/c1-38-25-10-22-24(30-12-18-5-4-8-33(18)28(22)37)11-26(25)39-16-17-14-35(32-31-17)20-9-19-13-29-23-7-3-2-6-21(23)27(36)34(19)15-20/h2-3,6-7,10-14,18-20H,4-5,8-9,15-16H2,1H3/t18-,19-,20-/m0/s1. The molecule has 0 N–H and O–H groups in total. The summed E-state index contributed by atoms with van der Waals surface area (Å²) in [4.78, 5) is 39.1. The number of fused-ring (bicyclic) bond motifs is 4. The van der Waals surface area contributed by atoms with Gasteiger partial charge in [0.05, 0.1) is 53.9 Å². The minimum atomic E-state index is -0.0956. The number of carbonyl (C=O) groups is 2. The molecular weight excluding hydrogens is 498 g/mol. The van der Waals surface area contributed by atoms with Crippen molar-refractivity contribution < 1.29 is 19.1 Å². The number of aromatic nitrogens is 3. The Morgan fingerprint density at radius 2 is 1.77 bits per heavy atom. The molecule has 1 aromatic heterocycles. The van der Waals surface area contributed by atoms with E-state index in [0.717, 1.165) is 19.4 Å². The Labute approximate surface area is 224 Å². The van der Waals surface area contributed by atoms with Crippen molar-refractivity contribution in [3.05, 3.63) is 59.4 Å². The van der Waals surface area contributed by atoms with Gasteiger partial charge in [-0.1, -0.05) is 17.3 Å². The van der Waals surface area contributed by atoms with Crippen molar-refractivity contribution in [3.8, 4) is 11.5 Å². The number of carbonyl (C=O) groups excluding carboxylic acids is 2. The minimum Gasteiger partial charge on any atom is -0.493 e. The Hall–Kier alpha value is -4.54. The van der Waals surface area contributed by atoms with Gasteiger partial charge in [-0.25, -0.2) is 4.68 Å². The highest BCUT2D eigenvalue weighted by Gasteiger charge is 2.38. The highest BCUT2D eigenvalue weighted by Crippen LogP contribution is 2.38. The van der Waals surface area contributed by atoms with Gasteiger partial charge in [-0.15, -0.1) is 5.10 Å². The molecule has 2 fully saturated rings. The maximum Gasteiger partial charge on any atom is 0.256 e. The predicted molar refractivity (Wildman–Crippen MR) is 143 cm³/mol. The topological polar surface area (TPSA) is 115 Å². The molecule has 39 heavy (non-hydrogen) atoms. The number of nitrogens with zero attached hydrogens (tertiary/aromatic N) is 7. The van der Waals surface area contributed by atoms with Gasteiger partial charge in [-0.2, -0.15) is 0 Å². The third-order valence-electron chi connectivity index (χ3n) is 7.87. The number of hydrogen-bond acceptors (Lipinski definition) is 8. The second-order valence-corrected chi connectivity index (χ2v) is 10.2. The Balaban J connectivity index is 1.06. The number of ether oxygens (including phenoxy) is 2. The Kier molecular flexibility index (Phi) is 5.64. The molecule has 5 heterocycles. The summed E-state index contributed by atoms with van der Waals surface area (Å²) < 4.78 is 13.4. The van der Waals surface area contributed by atoms with Crippen LogP contribution >= 0.6 is 0 Å². The van der Waals surface area contributed by atoms with Gasteiger partial charge in [0.2, 0.25) is 0 Å². The first-order chi connectivity index (χ1) is 19.1. The first-order valence-electron chi connectivity index (χ1n) is 13.1. The molecule has 3 atom stereocenters. The zero-order valence-electron chi connectivity index (χ0n) is 21.4. The Morgan fingerprint density at radius 3 is 2.67 bits per heavy atom. The number of amides is 2. The maximum atomic E-state index is 13.2. The van der Waals surface area contributed by atoms with Crippen molar-refractivity contribution in [1.82, 2.24) is 24.8 Å². The van der Waals surface area contributed by atoms with Gasteiger partial charge in [0.15, 0.2) is 11.5 Å². The number of rotatable bonds is 5. The van der Waals surface area contributed by atoms with Crippen molar-refractivity contribution in [1.29, 1.82) is 0 Å². The summed E-state index contributed by atoms with van der Waals surface area (Å²) in [5, 5.41) is 8.62. The molecule has 2 aromatic carbocycles. The minimum absolute atomic E-state index is 0.0175. The fourth-order valence-corrected chi connectivity index (χ4v) is 5.83. The SMILES string of the molecule is COc1cc2c(cc1OCc1cn([C@H]3C[C@H]4C=Nc5ccccc5C(=O)N4C3)nn1)N=C[C@@H]1CCCN1C2=O. The van der Waals surface area contributed by atoms with Crippen LogP contribution in [-0.2, 0) is 6.61 Å². The maximum absolute atomic E-state index is 13.2. The van der Waals surface area contributed by atoms with Crippen LogP contribution in [0.3, 0.4) is 0 Å².